The van der Waals surface area contributed by atoms with Gasteiger partial charge in [0.15, 0.2) is 0 Å². The third kappa shape index (κ3) is 5.84. The minimum atomic E-state index is -0.948. The first-order valence-electron chi connectivity index (χ1n) is 12.5. The lowest BCUT2D eigenvalue weighted by Gasteiger charge is -2.34. The summed E-state index contributed by atoms with van der Waals surface area (Å²) in [7, 11) is 0. The molecule has 0 aliphatic heterocycles. The van der Waals surface area contributed by atoms with Gasteiger partial charge in [0.05, 0.1) is 6.42 Å². The van der Waals surface area contributed by atoms with Gasteiger partial charge in [0.2, 0.25) is 5.91 Å². The maximum absolute atomic E-state index is 12.8. The van der Waals surface area contributed by atoms with Crippen LogP contribution in [0.5, 0.6) is 0 Å². The second-order valence-electron chi connectivity index (χ2n) is 9.99. The van der Waals surface area contributed by atoms with Crippen LogP contribution in [0.1, 0.15) is 63.0 Å². The van der Waals surface area contributed by atoms with Crippen molar-refractivity contribution in [3.8, 4) is 11.1 Å². The van der Waals surface area contributed by atoms with E-state index in [4.69, 9.17) is 9.84 Å². The molecule has 0 heterocycles. The van der Waals surface area contributed by atoms with Crippen LogP contribution in [0.3, 0.4) is 0 Å². The van der Waals surface area contributed by atoms with Gasteiger partial charge < -0.3 is 20.5 Å². The third-order valence-corrected chi connectivity index (χ3v) is 7.32. The van der Waals surface area contributed by atoms with Crippen LogP contribution in [-0.4, -0.2) is 41.8 Å². The van der Waals surface area contributed by atoms with Crippen LogP contribution < -0.4 is 10.6 Å². The molecule has 2 aliphatic rings. The van der Waals surface area contributed by atoms with E-state index in [1.165, 1.54) is 11.1 Å². The first kappa shape index (κ1) is 24.8. The van der Waals surface area contributed by atoms with Crippen molar-refractivity contribution in [2.24, 2.45) is 11.8 Å². The van der Waals surface area contributed by atoms with Gasteiger partial charge in [-0.15, -0.1) is 0 Å². The summed E-state index contributed by atoms with van der Waals surface area (Å²) in [4.78, 5) is 36.7. The van der Waals surface area contributed by atoms with Crippen LogP contribution in [0.25, 0.3) is 11.1 Å². The number of ether oxygens (including phenoxy) is 1. The third-order valence-electron chi connectivity index (χ3n) is 7.32. The number of hydrogen-bond acceptors (Lipinski definition) is 4. The Morgan fingerprint density at radius 1 is 0.943 bits per heavy atom. The minimum absolute atomic E-state index is 0.00714. The van der Waals surface area contributed by atoms with Gasteiger partial charge in [0.25, 0.3) is 0 Å². The van der Waals surface area contributed by atoms with Gasteiger partial charge in [-0.1, -0.05) is 68.8 Å². The SMILES string of the molecule is CC(C)C(CC(=O)O)NC(=O)CC(NC(=O)OCC1c2ccccc2-c2ccccc21)C1CCC1. The zero-order valence-electron chi connectivity index (χ0n) is 20.3. The molecule has 2 amide bonds. The number of amides is 2. The van der Waals surface area contributed by atoms with E-state index in [-0.39, 0.29) is 49.2 Å². The van der Waals surface area contributed by atoms with Gasteiger partial charge in [-0.05, 0) is 46.9 Å². The summed E-state index contributed by atoms with van der Waals surface area (Å²) >= 11 is 0. The summed E-state index contributed by atoms with van der Waals surface area (Å²) in [6.07, 6.45) is 2.43. The van der Waals surface area contributed by atoms with Gasteiger partial charge in [0, 0.05) is 24.4 Å². The van der Waals surface area contributed by atoms with Crippen molar-refractivity contribution in [1.82, 2.24) is 10.6 Å². The van der Waals surface area contributed by atoms with Crippen molar-refractivity contribution >= 4 is 18.0 Å². The molecule has 7 nitrogen and oxygen atoms in total. The van der Waals surface area contributed by atoms with E-state index >= 15 is 0 Å². The molecule has 0 aromatic heterocycles. The van der Waals surface area contributed by atoms with Crippen LogP contribution in [0.4, 0.5) is 4.79 Å². The molecule has 7 heteroatoms. The second-order valence-corrected chi connectivity index (χ2v) is 9.99. The number of carbonyl (C=O) groups is 3. The number of fused-ring (bicyclic) bond motifs is 3. The molecule has 0 spiro atoms. The highest BCUT2D eigenvalue weighted by Gasteiger charge is 2.33. The number of rotatable bonds is 10. The molecule has 4 rings (SSSR count). The highest BCUT2D eigenvalue weighted by Crippen LogP contribution is 2.44. The van der Waals surface area contributed by atoms with Crippen molar-refractivity contribution in [3.63, 3.8) is 0 Å². The fraction of sp³-hybridized carbons (Fsp3) is 0.464. The van der Waals surface area contributed by atoms with Crippen molar-refractivity contribution in [3.05, 3.63) is 59.7 Å². The molecule has 2 aromatic rings. The minimum Gasteiger partial charge on any atom is -0.481 e. The van der Waals surface area contributed by atoms with Crippen molar-refractivity contribution < 1.29 is 24.2 Å². The smallest absolute Gasteiger partial charge is 0.407 e. The molecular weight excluding hydrogens is 444 g/mol. The largest absolute Gasteiger partial charge is 0.481 e. The molecule has 186 valence electrons. The van der Waals surface area contributed by atoms with E-state index in [9.17, 15) is 14.4 Å². The Labute approximate surface area is 206 Å². The van der Waals surface area contributed by atoms with Gasteiger partial charge in [-0.3, -0.25) is 9.59 Å². The molecule has 2 aliphatic carbocycles. The van der Waals surface area contributed by atoms with Gasteiger partial charge in [-0.2, -0.15) is 0 Å². The van der Waals surface area contributed by atoms with Crippen molar-refractivity contribution in [1.29, 1.82) is 0 Å². The average Bonchev–Trinajstić information content (AvgIpc) is 3.09. The van der Waals surface area contributed by atoms with Gasteiger partial charge in [-0.25, -0.2) is 4.79 Å². The van der Waals surface area contributed by atoms with Crippen molar-refractivity contribution in [2.45, 2.75) is 64.0 Å². The molecule has 1 fully saturated rings. The molecule has 35 heavy (non-hydrogen) atoms. The number of carboxylic acid groups (broad SMARTS) is 1. The van der Waals surface area contributed by atoms with E-state index in [1.807, 2.05) is 38.1 Å². The second kappa shape index (κ2) is 10.9. The quantitative estimate of drug-likeness (QED) is 0.459. The number of aliphatic carboxylic acids is 1. The predicted octanol–water partition coefficient (Wildman–Crippen LogP) is 4.70. The van der Waals surface area contributed by atoms with Crippen LogP contribution in [0, 0.1) is 11.8 Å². The molecule has 0 bridgehead atoms. The average molecular weight is 479 g/mol. The number of nitrogens with one attached hydrogen (secondary N) is 2. The molecule has 0 saturated heterocycles. The van der Waals surface area contributed by atoms with Gasteiger partial charge in [0.1, 0.15) is 6.61 Å². The Morgan fingerprint density at radius 3 is 2.06 bits per heavy atom. The molecule has 2 unspecified atom stereocenters. The normalized spacial score (nSPS) is 16.5. The number of carboxylic acids is 1. The standard InChI is InChI=1S/C28H34N2O5/c1-17(2)24(15-27(32)33)29-26(31)14-25(18-8-7-9-18)30-28(34)35-16-23-21-12-5-3-10-19(21)20-11-4-6-13-22(20)23/h3-6,10-13,17-18,23-25H,7-9,14-16H2,1-2H3,(H,29,31)(H,30,34)(H,32,33). The summed E-state index contributed by atoms with van der Waals surface area (Å²) < 4.78 is 5.68. The first-order chi connectivity index (χ1) is 16.8. The van der Waals surface area contributed by atoms with Crippen molar-refractivity contribution in [2.75, 3.05) is 6.61 Å². The van der Waals surface area contributed by atoms with Crippen LogP contribution in [0.15, 0.2) is 48.5 Å². The molecule has 2 aromatic carbocycles. The Morgan fingerprint density at radius 2 is 1.54 bits per heavy atom. The maximum Gasteiger partial charge on any atom is 0.407 e. The Balaban J connectivity index is 1.36. The lowest BCUT2D eigenvalue weighted by atomic mass is 9.78. The number of alkyl carbamates (subject to hydrolysis) is 1. The predicted molar refractivity (Wildman–Crippen MR) is 133 cm³/mol. The number of benzene rings is 2. The fourth-order valence-corrected chi connectivity index (χ4v) is 5.08. The lowest BCUT2D eigenvalue weighted by Crippen LogP contribution is -2.48. The first-order valence-corrected chi connectivity index (χ1v) is 12.5. The molecule has 2 atom stereocenters. The summed E-state index contributed by atoms with van der Waals surface area (Å²) in [5.41, 5.74) is 4.63. The lowest BCUT2D eigenvalue weighted by molar-refractivity contribution is -0.138. The maximum atomic E-state index is 12.8. The number of hydrogen-bond donors (Lipinski definition) is 3. The Hall–Kier alpha value is -3.35. The molecular formula is C28H34N2O5. The highest BCUT2D eigenvalue weighted by atomic mass is 16.5. The topological polar surface area (TPSA) is 105 Å². The van der Waals surface area contributed by atoms with Crippen LogP contribution >= 0.6 is 0 Å². The Bertz CT molecular complexity index is 1030. The fourth-order valence-electron chi connectivity index (χ4n) is 5.08. The van der Waals surface area contributed by atoms with Gasteiger partial charge >= 0.3 is 12.1 Å². The van der Waals surface area contributed by atoms with E-state index < -0.39 is 18.1 Å². The van der Waals surface area contributed by atoms with E-state index in [0.717, 1.165) is 30.4 Å². The molecule has 3 N–H and O–H groups in total. The van der Waals surface area contributed by atoms with E-state index in [1.54, 1.807) is 0 Å². The van der Waals surface area contributed by atoms with E-state index in [0.29, 0.717) is 0 Å². The zero-order valence-corrected chi connectivity index (χ0v) is 20.3. The number of carbonyl (C=O) groups excluding carboxylic acids is 2. The highest BCUT2D eigenvalue weighted by molar-refractivity contribution is 5.80. The Kier molecular flexibility index (Phi) is 7.73. The summed E-state index contributed by atoms with van der Waals surface area (Å²) in [5.74, 6) is -1.01. The molecule has 0 radical (unpaired) electrons. The monoisotopic (exact) mass is 478 g/mol. The summed E-state index contributed by atoms with van der Waals surface area (Å²) in [6, 6.07) is 15.6. The van der Waals surface area contributed by atoms with Crippen LogP contribution in [-0.2, 0) is 14.3 Å². The summed E-state index contributed by atoms with van der Waals surface area (Å²) in [5, 5.41) is 14.9. The molecule has 1 saturated carbocycles. The van der Waals surface area contributed by atoms with Crippen LogP contribution in [0.2, 0.25) is 0 Å². The van der Waals surface area contributed by atoms with E-state index in [2.05, 4.69) is 34.9 Å². The zero-order chi connectivity index (χ0) is 24.9. The summed E-state index contributed by atoms with van der Waals surface area (Å²) in [6.45, 7) is 3.98.